The number of rotatable bonds is 8. The van der Waals surface area contributed by atoms with Gasteiger partial charge in [-0.2, -0.15) is 0 Å². The zero-order valence-electron chi connectivity index (χ0n) is 10.2. The van der Waals surface area contributed by atoms with Gasteiger partial charge in [0.15, 0.2) is 0 Å². The largest absolute Gasteiger partial charge is 0.316 e. The lowest BCUT2D eigenvalue weighted by molar-refractivity contribution is 0.393. The van der Waals surface area contributed by atoms with Gasteiger partial charge in [-0.05, 0) is 37.1 Å². The first-order valence-corrected chi connectivity index (χ1v) is 6.39. The second-order valence-electron chi connectivity index (χ2n) is 5.48. The quantitative estimate of drug-likeness (QED) is 0.586. The van der Waals surface area contributed by atoms with Gasteiger partial charge in [0.2, 0.25) is 0 Å². The van der Waals surface area contributed by atoms with E-state index in [1.54, 1.807) is 0 Å². The van der Waals surface area contributed by atoms with Crippen molar-refractivity contribution in [3.05, 3.63) is 0 Å². The Labute approximate surface area is 89.7 Å². The van der Waals surface area contributed by atoms with E-state index < -0.39 is 0 Å². The average Bonchev–Trinajstić information content (AvgIpc) is 2.85. The zero-order valence-corrected chi connectivity index (χ0v) is 10.2. The van der Waals surface area contributed by atoms with Crippen molar-refractivity contribution in [2.24, 2.45) is 11.3 Å². The molecule has 84 valence electrons. The molecule has 0 bridgehead atoms. The summed E-state index contributed by atoms with van der Waals surface area (Å²) in [6, 6.07) is 0. The molecule has 0 aromatic rings. The summed E-state index contributed by atoms with van der Waals surface area (Å²) in [7, 11) is 0. The Balaban J connectivity index is 2.03. The van der Waals surface area contributed by atoms with Gasteiger partial charge in [0.05, 0.1) is 0 Å². The average molecular weight is 197 g/mol. The molecule has 1 N–H and O–H groups in total. The fourth-order valence-electron chi connectivity index (χ4n) is 2.07. The van der Waals surface area contributed by atoms with Crippen molar-refractivity contribution in [2.45, 2.75) is 59.3 Å². The molecule has 1 heteroatoms. The maximum absolute atomic E-state index is 3.61. The Morgan fingerprint density at radius 1 is 1.21 bits per heavy atom. The van der Waals surface area contributed by atoms with Gasteiger partial charge in [0, 0.05) is 6.54 Å². The van der Waals surface area contributed by atoms with Crippen LogP contribution in [0.3, 0.4) is 0 Å². The van der Waals surface area contributed by atoms with E-state index >= 15 is 0 Å². The molecule has 1 rings (SSSR count). The van der Waals surface area contributed by atoms with Gasteiger partial charge in [-0.25, -0.2) is 0 Å². The number of unbranched alkanes of at least 4 members (excludes halogenated alkanes) is 2. The number of nitrogens with one attached hydrogen (secondary N) is 1. The highest BCUT2D eigenvalue weighted by Crippen LogP contribution is 2.49. The summed E-state index contributed by atoms with van der Waals surface area (Å²) in [5, 5.41) is 3.61. The van der Waals surface area contributed by atoms with E-state index in [1.807, 2.05) is 0 Å². The van der Waals surface area contributed by atoms with Crippen LogP contribution in [0, 0.1) is 11.3 Å². The van der Waals surface area contributed by atoms with Gasteiger partial charge in [0.25, 0.3) is 0 Å². The first-order chi connectivity index (χ1) is 6.68. The summed E-state index contributed by atoms with van der Waals surface area (Å²) in [5.41, 5.74) is 0.726. The van der Waals surface area contributed by atoms with E-state index in [-0.39, 0.29) is 0 Å². The first kappa shape index (κ1) is 12.0. The first-order valence-electron chi connectivity index (χ1n) is 6.39. The van der Waals surface area contributed by atoms with E-state index in [1.165, 1.54) is 51.6 Å². The lowest BCUT2D eigenvalue weighted by Gasteiger charge is -2.16. The van der Waals surface area contributed by atoms with Crippen molar-refractivity contribution in [1.82, 2.24) is 5.32 Å². The van der Waals surface area contributed by atoms with E-state index in [4.69, 9.17) is 0 Å². The molecule has 0 heterocycles. The Hall–Kier alpha value is -0.0400. The van der Waals surface area contributed by atoms with Gasteiger partial charge < -0.3 is 5.32 Å². The molecule has 0 spiro atoms. The van der Waals surface area contributed by atoms with Crippen molar-refractivity contribution < 1.29 is 0 Å². The molecule has 1 fully saturated rings. The smallest absolute Gasteiger partial charge is 0.000792 e. The van der Waals surface area contributed by atoms with Crippen LogP contribution in [0.15, 0.2) is 0 Å². The predicted molar refractivity (Wildman–Crippen MR) is 63.5 cm³/mol. The van der Waals surface area contributed by atoms with Crippen LogP contribution in [0.25, 0.3) is 0 Å². The van der Waals surface area contributed by atoms with Crippen LogP contribution in [0.4, 0.5) is 0 Å². The number of hydrogen-bond acceptors (Lipinski definition) is 1. The molecule has 0 aromatic heterocycles. The normalized spacial score (nSPS) is 18.9. The van der Waals surface area contributed by atoms with E-state index in [9.17, 15) is 0 Å². The van der Waals surface area contributed by atoms with Gasteiger partial charge in [-0.3, -0.25) is 0 Å². The standard InChI is InChI=1S/C13H27N/c1-4-5-6-7-13(8-9-13)11-14-10-12(2)3/h12,14H,4-11H2,1-3H3. The molecular formula is C13H27N. The third kappa shape index (κ3) is 4.45. The summed E-state index contributed by atoms with van der Waals surface area (Å²) in [4.78, 5) is 0. The fourth-order valence-corrected chi connectivity index (χ4v) is 2.07. The van der Waals surface area contributed by atoms with E-state index in [0.29, 0.717) is 0 Å². The highest BCUT2D eigenvalue weighted by Gasteiger charge is 2.40. The van der Waals surface area contributed by atoms with E-state index in [2.05, 4.69) is 26.1 Å². The van der Waals surface area contributed by atoms with Crippen molar-refractivity contribution in [1.29, 1.82) is 0 Å². The maximum atomic E-state index is 3.61. The Morgan fingerprint density at radius 2 is 1.93 bits per heavy atom. The molecule has 0 saturated heterocycles. The minimum absolute atomic E-state index is 0.726. The molecule has 1 aliphatic rings. The van der Waals surface area contributed by atoms with Crippen LogP contribution in [0.2, 0.25) is 0 Å². The second kappa shape index (κ2) is 5.75. The molecule has 0 radical (unpaired) electrons. The van der Waals surface area contributed by atoms with Crippen LogP contribution in [0.5, 0.6) is 0 Å². The number of hydrogen-bond donors (Lipinski definition) is 1. The lowest BCUT2D eigenvalue weighted by atomic mass is 9.98. The summed E-state index contributed by atoms with van der Waals surface area (Å²) in [6.45, 7) is 9.31. The molecule has 0 aromatic carbocycles. The Morgan fingerprint density at radius 3 is 2.43 bits per heavy atom. The van der Waals surface area contributed by atoms with Crippen molar-refractivity contribution in [3.63, 3.8) is 0 Å². The Kier molecular flexibility index (Phi) is 4.94. The van der Waals surface area contributed by atoms with Crippen molar-refractivity contribution >= 4 is 0 Å². The summed E-state index contributed by atoms with van der Waals surface area (Å²) >= 11 is 0. The SMILES string of the molecule is CCCCCC1(CNCC(C)C)CC1. The maximum Gasteiger partial charge on any atom is 0.000792 e. The molecule has 0 unspecified atom stereocenters. The van der Waals surface area contributed by atoms with E-state index in [0.717, 1.165) is 11.3 Å². The summed E-state index contributed by atoms with van der Waals surface area (Å²) in [6.07, 6.45) is 8.64. The zero-order chi connectivity index (χ0) is 10.4. The molecule has 1 aliphatic carbocycles. The molecule has 0 aliphatic heterocycles. The minimum Gasteiger partial charge on any atom is -0.316 e. The van der Waals surface area contributed by atoms with Gasteiger partial charge >= 0.3 is 0 Å². The fraction of sp³-hybridized carbons (Fsp3) is 1.00. The lowest BCUT2D eigenvalue weighted by Crippen LogP contribution is -2.27. The molecule has 0 amide bonds. The molecule has 1 nitrogen and oxygen atoms in total. The van der Waals surface area contributed by atoms with Crippen molar-refractivity contribution in [3.8, 4) is 0 Å². The topological polar surface area (TPSA) is 12.0 Å². The van der Waals surface area contributed by atoms with Gasteiger partial charge in [0.1, 0.15) is 0 Å². The highest BCUT2D eigenvalue weighted by molar-refractivity contribution is 4.94. The third-order valence-electron chi connectivity index (χ3n) is 3.32. The van der Waals surface area contributed by atoms with Crippen LogP contribution in [0.1, 0.15) is 59.3 Å². The highest BCUT2D eigenvalue weighted by atomic mass is 14.9. The Bertz CT molecular complexity index is 147. The third-order valence-corrected chi connectivity index (χ3v) is 3.32. The van der Waals surface area contributed by atoms with Gasteiger partial charge in [-0.15, -0.1) is 0 Å². The minimum atomic E-state index is 0.726. The van der Waals surface area contributed by atoms with Crippen LogP contribution in [-0.2, 0) is 0 Å². The van der Waals surface area contributed by atoms with Crippen LogP contribution >= 0.6 is 0 Å². The summed E-state index contributed by atoms with van der Waals surface area (Å²) < 4.78 is 0. The summed E-state index contributed by atoms with van der Waals surface area (Å²) in [5.74, 6) is 0.793. The van der Waals surface area contributed by atoms with Crippen LogP contribution in [-0.4, -0.2) is 13.1 Å². The van der Waals surface area contributed by atoms with Crippen LogP contribution < -0.4 is 5.32 Å². The van der Waals surface area contributed by atoms with Crippen molar-refractivity contribution in [2.75, 3.05) is 13.1 Å². The predicted octanol–water partition coefficient (Wildman–Crippen LogP) is 3.59. The molecular weight excluding hydrogens is 170 g/mol. The van der Waals surface area contributed by atoms with Gasteiger partial charge in [-0.1, -0.05) is 40.0 Å². The molecule has 1 saturated carbocycles. The molecule has 0 atom stereocenters. The monoisotopic (exact) mass is 197 g/mol. The molecule has 14 heavy (non-hydrogen) atoms. The second-order valence-corrected chi connectivity index (χ2v) is 5.48.